The van der Waals surface area contributed by atoms with Crippen molar-refractivity contribution in [3.8, 4) is 11.1 Å². The van der Waals surface area contributed by atoms with E-state index in [2.05, 4.69) is 11.4 Å². The van der Waals surface area contributed by atoms with Gasteiger partial charge >= 0.3 is 5.97 Å². The Morgan fingerprint density at radius 2 is 1.53 bits per heavy atom. The van der Waals surface area contributed by atoms with Gasteiger partial charge in [-0.15, -0.1) is 0 Å². The lowest BCUT2D eigenvalue weighted by Crippen LogP contribution is -3.00. The zero-order valence-electron chi connectivity index (χ0n) is 29.4. The third-order valence-electron chi connectivity index (χ3n) is 12.2. The first-order valence-electron chi connectivity index (χ1n) is 17.5. The summed E-state index contributed by atoms with van der Waals surface area (Å²) in [5.74, 6) is -3.31. The van der Waals surface area contributed by atoms with Crippen molar-refractivity contribution in [3.05, 3.63) is 94.2 Å². The van der Waals surface area contributed by atoms with Crippen LogP contribution in [0.1, 0.15) is 51.3 Å². The third-order valence-corrected chi connectivity index (χ3v) is 12.2. The lowest BCUT2D eigenvalue weighted by atomic mass is 9.76. The predicted octanol–water partition coefficient (Wildman–Crippen LogP) is -3.54. The molecule has 0 unspecified atom stereocenters. The molecule has 12 nitrogen and oxygen atoms in total. The number of halogens is 2. The second kappa shape index (κ2) is 13.7. The van der Waals surface area contributed by atoms with Crippen LogP contribution >= 0.6 is 0 Å². The summed E-state index contributed by atoms with van der Waals surface area (Å²) >= 11 is 0. The normalized spacial score (nSPS) is 26.8. The summed E-state index contributed by atoms with van der Waals surface area (Å²) in [7, 11) is 0. The average Bonchev–Trinajstić information content (AvgIpc) is 3.52. The van der Waals surface area contributed by atoms with Crippen molar-refractivity contribution in [1.82, 2.24) is 4.90 Å². The van der Waals surface area contributed by atoms with Gasteiger partial charge in [0, 0.05) is 22.6 Å². The number of aliphatic hydroxyl groups excluding tert-OH is 1. The fourth-order valence-corrected chi connectivity index (χ4v) is 9.45. The summed E-state index contributed by atoms with van der Waals surface area (Å²) in [5, 5.41) is 23.3. The molecule has 1 aliphatic carbocycles. The molecule has 4 fully saturated rings. The standard InChI is InChI=1S/C39H39N5O7.2ClH/c1-21-32(35(39(50)51)42-34(21)33(22(2)45)38(42)49)24-8-10-26-28(18-24)25-9-7-23(17-29(25)36(26)47)19-43-11-14-44(15-12-43,16-13-43)20-31(46)41-30-6-4-3-5-27(30)37(40)48;;/h3-10,17-18,21-22,33-34,45H,11-16,19-20H2,1-2H3,(H2-2,40,41,46,48,50,51);2*1H/t21-,22+,33+,34+,43?,44?;;/m0../s1. The van der Waals surface area contributed by atoms with E-state index >= 15 is 0 Å². The van der Waals surface area contributed by atoms with E-state index < -0.39 is 29.9 Å². The molecule has 0 aromatic heterocycles. The molecule has 53 heavy (non-hydrogen) atoms. The second-order valence-electron chi connectivity index (χ2n) is 15.1. The predicted molar refractivity (Wildman–Crippen MR) is 187 cm³/mol. The van der Waals surface area contributed by atoms with E-state index in [4.69, 9.17) is 5.73 Å². The molecule has 3 aromatic carbocycles. The summed E-state index contributed by atoms with van der Waals surface area (Å²) in [4.78, 5) is 65.3. The number of piperazine rings is 3. The topological polar surface area (TPSA) is 167 Å². The highest BCUT2D eigenvalue weighted by atomic mass is 35.5. The van der Waals surface area contributed by atoms with Crippen LogP contribution in [0.4, 0.5) is 5.69 Å². The average molecular weight is 763 g/mol. The molecule has 5 heterocycles. The van der Waals surface area contributed by atoms with Crippen molar-refractivity contribution in [2.45, 2.75) is 32.5 Å². The summed E-state index contributed by atoms with van der Waals surface area (Å²) in [6.45, 7) is 9.87. The molecule has 5 N–H and O–H groups in total. The number of hydrogen-bond donors (Lipinski definition) is 4. The molecule has 5 aliphatic heterocycles. The zero-order valence-corrected chi connectivity index (χ0v) is 30.9. The van der Waals surface area contributed by atoms with E-state index in [9.17, 15) is 34.2 Å². The Labute approximate surface area is 319 Å². The fourth-order valence-electron chi connectivity index (χ4n) is 9.45. The number of fused-ring (bicyclic) bond motifs is 7. The first-order chi connectivity index (χ1) is 24.3. The number of hydrogen-bond acceptors (Lipinski definition) is 6. The molecule has 6 aliphatic rings. The van der Waals surface area contributed by atoms with Gasteiger partial charge in [-0.1, -0.05) is 37.3 Å². The Morgan fingerprint density at radius 3 is 2.17 bits per heavy atom. The number of quaternary nitrogens is 2. The van der Waals surface area contributed by atoms with Gasteiger partial charge in [-0.05, 0) is 59.5 Å². The number of primary amides is 1. The molecule has 278 valence electrons. The summed E-state index contributed by atoms with van der Waals surface area (Å²) in [6, 6.07) is 17.8. The number of ketones is 1. The van der Waals surface area contributed by atoms with Crippen LogP contribution in [0.3, 0.4) is 0 Å². The number of aliphatic hydroxyl groups is 1. The smallest absolute Gasteiger partial charge is 0.352 e. The maximum Gasteiger partial charge on any atom is 0.352 e. The van der Waals surface area contributed by atoms with Gasteiger partial charge in [0.15, 0.2) is 12.3 Å². The first-order valence-corrected chi connectivity index (χ1v) is 17.5. The first kappa shape index (κ1) is 38.1. The van der Waals surface area contributed by atoms with Gasteiger partial charge < -0.3 is 59.9 Å². The van der Waals surface area contributed by atoms with Crippen LogP contribution in [-0.4, -0.2) is 112 Å². The van der Waals surface area contributed by atoms with Gasteiger partial charge in [-0.2, -0.15) is 0 Å². The molecule has 14 heteroatoms. The van der Waals surface area contributed by atoms with E-state index in [1.165, 1.54) is 4.90 Å². The highest BCUT2D eigenvalue weighted by Crippen LogP contribution is 2.51. The second-order valence-corrected chi connectivity index (χ2v) is 15.1. The van der Waals surface area contributed by atoms with E-state index in [0.29, 0.717) is 39.0 Å². The number of anilines is 1. The Bertz CT molecular complexity index is 2090. The Hall–Kier alpha value is -4.59. The maximum atomic E-state index is 13.7. The number of β-lactam (4-membered cyclic amide) rings is 1. The summed E-state index contributed by atoms with van der Waals surface area (Å²) < 4.78 is 1.60. The van der Waals surface area contributed by atoms with E-state index in [1.54, 1.807) is 43.3 Å². The van der Waals surface area contributed by atoms with Crippen molar-refractivity contribution >= 4 is 40.7 Å². The molecule has 3 aromatic rings. The SMILES string of the molecule is C[C@@H](O)[C@H]1C(=O)N2C(C(=O)O)=C(c3ccc4c(c3)-c3ccc(C[N+]56CC[N+](CC(=O)Nc7ccccc7C(N)=O)(CC5)CC6)cc3C4=O)[C@H](C)[C@H]12.[Cl-].[Cl-]. The molecular weight excluding hydrogens is 721 g/mol. The van der Waals surface area contributed by atoms with Crippen LogP contribution in [0.5, 0.6) is 0 Å². The number of carboxylic acid groups (broad SMARTS) is 1. The highest BCUT2D eigenvalue weighted by Gasteiger charge is 2.60. The van der Waals surface area contributed by atoms with Gasteiger partial charge in [0.05, 0.1) is 29.3 Å². The quantitative estimate of drug-likeness (QED) is 0.101. The molecule has 0 spiro atoms. The number of benzene rings is 3. The molecule has 4 atom stereocenters. The molecule has 9 rings (SSSR count). The molecule has 3 amide bonds. The number of carboxylic acids is 1. The third kappa shape index (κ3) is 6.02. The van der Waals surface area contributed by atoms with Crippen molar-refractivity contribution in [3.63, 3.8) is 0 Å². The van der Waals surface area contributed by atoms with Crippen molar-refractivity contribution in [2.75, 3.05) is 51.1 Å². The number of aliphatic carboxylic acids is 1. The molecule has 0 saturated carbocycles. The van der Waals surface area contributed by atoms with Crippen LogP contribution in [0.15, 0.2) is 66.4 Å². The van der Waals surface area contributed by atoms with Crippen LogP contribution in [0.2, 0.25) is 0 Å². The van der Waals surface area contributed by atoms with Gasteiger partial charge in [0.1, 0.15) is 51.5 Å². The monoisotopic (exact) mass is 761 g/mol. The van der Waals surface area contributed by atoms with Crippen LogP contribution < -0.4 is 35.9 Å². The van der Waals surface area contributed by atoms with E-state index in [0.717, 1.165) is 67.0 Å². The highest BCUT2D eigenvalue weighted by molar-refractivity contribution is 6.22. The fraction of sp³-hybridized carbons (Fsp3) is 0.359. The van der Waals surface area contributed by atoms with Gasteiger partial charge in [0.2, 0.25) is 5.91 Å². The number of para-hydroxylation sites is 1. The largest absolute Gasteiger partial charge is 1.00 e. The van der Waals surface area contributed by atoms with Gasteiger partial charge in [0.25, 0.3) is 11.8 Å². The number of amides is 3. The maximum absolute atomic E-state index is 13.7. The van der Waals surface area contributed by atoms with Crippen molar-refractivity contribution in [1.29, 1.82) is 0 Å². The van der Waals surface area contributed by atoms with Gasteiger partial charge in [-0.3, -0.25) is 19.2 Å². The minimum atomic E-state index is -1.19. The van der Waals surface area contributed by atoms with Gasteiger partial charge in [-0.25, -0.2) is 4.79 Å². The Morgan fingerprint density at radius 1 is 0.887 bits per heavy atom. The number of carbonyl (C=O) groups excluding carboxylic acids is 4. The molecular formula is C39H41Cl2N5O7. The Balaban J connectivity index is 0.00000240. The number of nitrogens with zero attached hydrogens (tertiary/aromatic N) is 3. The number of nitrogens with one attached hydrogen (secondary N) is 1. The minimum Gasteiger partial charge on any atom is -1.00 e. The van der Waals surface area contributed by atoms with E-state index in [-0.39, 0.29) is 59.6 Å². The van der Waals surface area contributed by atoms with Crippen LogP contribution in [0, 0.1) is 11.8 Å². The summed E-state index contributed by atoms with van der Waals surface area (Å²) in [6.07, 6.45) is -0.887. The lowest BCUT2D eigenvalue weighted by molar-refractivity contribution is -1.08. The number of carbonyl (C=O) groups is 5. The van der Waals surface area contributed by atoms with Crippen molar-refractivity contribution in [2.24, 2.45) is 17.6 Å². The number of rotatable bonds is 9. The lowest BCUT2D eigenvalue weighted by Gasteiger charge is -2.55. The molecule has 4 saturated heterocycles. The number of nitrogens with two attached hydrogens (primary N) is 1. The van der Waals surface area contributed by atoms with Crippen molar-refractivity contribution < 1.29 is 68.0 Å². The molecule has 2 bridgehead atoms. The van der Waals surface area contributed by atoms with Crippen LogP contribution in [-0.2, 0) is 20.9 Å². The minimum absolute atomic E-state index is 0. The zero-order chi connectivity index (χ0) is 36.0. The Kier molecular flexibility index (Phi) is 9.84. The van der Waals surface area contributed by atoms with E-state index in [1.807, 2.05) is 25.1 Å². The van der Waals surface area contributed by atoms with Crippen LogP contribution in [0.25, 0.3) is 16.7 Å². The molecule has 0 radical (unpaired) electrons. The summed E-state index contributed by atoms with van der Waals surface area (Å²) in [5.41, 5.74) is 11.2.